The van der Waals surface area contributed by atoms with E-state index in [4.69, 9.17) is 28.4 Å². The Morgan fingerprint density at radius 2 is 1.33 bits per heavy atom. The first-order valence-corrected chi connectivity index (χ1v) is 23.4. The Hall–Kier alpha value is -0.900. The molecule has 61 heavy (non-hydrogen) atoms. The topological polar surface area (TPSA) is 241 Å². The minimum Gasteiger partial charge on any atom is -0.394 e. The van der Waals surface area contributed by atoms with Crippen LogP contribution < -0.4 is 0 Å². The van der Waals surface area contributed by atoms with Gasteiger partial charge in [-0.3, -0.25) is 4.90 Å². The maximum atomic E-state index is 11.6. The Labute approximate surface area is 359 Å². The van der Waals surface area contributed by atoms with Gasteiger partial charge >= 0.3 is 0 Å². The van der Waals surface area contributed by atoms with E-state index in [2.05, 4.69) is 38.7 Å². The molecule has 348 valence electrons. The van der Waals surface area contributed by atoms with Crippen molar-refractivity contribution >= 4 is 0 Å². The second kappa shape index (κ2) is 17.1. The number of aliphatic hydroxyl groups is 9. The Balaban J connectivity index is 0.952. The van der Waals surface area contributed by atoms with E-state index in [1.807, 2.05) is 0 Å². The number of ether oxygens (including phenoxy) is 6. The number of aliphatic hydroxyl groups excluding tert-OH is 9. The molecule has 9 rings (SSSR count). The number of hydrogen-bond acceptors (Lipinski definition) is 16. The summed E-state index contributed by atoms with van der Waals surface area (Å²) in [6.07, 6.45) is -11.1. The zero-order chi connectivity index (χ0) is 43.4. The van der Waals surface area contributed by atoms with E-state index in [0.29, 0.717) is 42.1 Å². The van der Waals surface area contributed by atoms with Crippen LogP contribution in [0.4, 0.5) is 0 Å². The molecule has 9 aliphatic rings. The van der Waals surface area contributed by atoms with Gasteiger partial charge in [0.25, 0.3) is 0 Å². The summed E-state index contributed by atoms with van der Waals surface area (Å²) >= 11 is 0. The van der Waals surface area contributed by atoms with Crippen LogP contribution in [-0.2, 0) is 28.4 Å². The molecule has 0 radical (unpaired) electrons. The highest BCUT2D eigenvalue weighted by atomic mass is 16.8. The molecule has 9 N–H and O–H groups in total. The maximum absolute atomic E-state index is 11.6. The highest BCUT2D eigenvalue weighted by molar-refractivity contribution is 5.27. The molecule has 16 heteroatoms. The number of piperidine rings is 1. The van der Waals surface area contributed by atoms with E-state index in [0.717, 1.165) is 36.6 Å². The van der Waals surface area contributed by atoms with Gasteiger partial charge in [0.2, 0.25) is 0 Å². The third-order valence-electron chi connectivity index (χ3n) is 18.0. The molecule has 0 spiro atoms. The van der Waals surface area contributed by atoms with Crippen LogP contribution in [0.1, 0.15) is 92.4 Å². The lowest BCUT2D eigenvalue weighted by Crippen LogP contribution is -2.67. The molecule has 0 aromatic carbocycles. The molecule has 16 nitrogen and oxygen atoms in total. The summed E-state index contributed by atoms with van der Waals surface area (Å²) in [6.45, 7) is 11.4. The molecule has 0 aromatic heterocycles. The van der Waals surface area contributed by atoms with Crippen molar-refractivity contribution in [2.24, 2.45) is 46.3 Å². The third kappa shape index (κ3) is 7.42. The molecule has 0 aromatic rings. The van der Waals surface area contributed by atoms with Crippen molar-refractivity contribution in [1.82, 2.24) is 4.90 Å². The lowest BCUT2D eigenvalue weighted by molar-refractivity contribution is -0.394. The summed E-state index contributed by atoms with van der Waals surface area (Å²) in [5.41, 5.74) is 1.72. The summed E-state index contributed by atoms with van der Waals surface area (Å²) in [7, 11) is 0. The third-order valence-corrected chi connectivity index (χ3v) is 18.0. The molecular formula is C45H73NO15. The van der Waals surface area contributed by atoms with Gasteiger partial charge in [-0.25, -0.2) is 0 Å². The fourth-order valence-corrected chi connectivity index (χ4v) is 14.7. The van der Waals surface area contributed by atoms with Crippen molar-refractivity contribution in [2.45, 2.75) is 203 Å². The quantitative estimate of drug-likeness (QED) is 0.148. The van der Waals surface area contributed by atoms with E-state index < -0.39 is 105 Å². The Morgan fingerprint density at radius 3 is 2.05 bits per heavy atom. The first-order valence-electron chi connectivity index (χ1n) is 23.4. The monoisotopic (exact) mass is 867 g/mol. The van der Waals surface area contributed by atoms with Gasteiger partial charge in [-0.2, -0.15) is 0 Å². The maximum Gasteiger partial charge on any atom is 0.187 e. The van der Waals surface area contributed by atoms with E-state index in [9.17, 15) is 46.0 Å². The summed E-state index contributed by atoms with van der Waals surface area (Å²) in [4.78, 5) is 2.94. The Kier molecular flexibility index (Phi) is 12.7. The first-order chi connectivity index (χ1) is 29.0. The van der Waals surface area contributed by atoms with Crippen molar-refractivity contribution < 1.29 is 74.4 Å². The van der Waals surface area contributed by atoms with E-state index in [1.165, 1.54) is 51.1 Å². The molecule has 0 unspecified atom stereocenters. The molecule has 0 amide bonds. The normalized spacial score (nSPS) is 57.3. The van der Waals surface area contributed by atoms with E-state index in [1.54, 1.807) is 0 Å². The molecule has 4 aliphatic carbocycles. The number of allylic oxidation sites excluding steroid dienone is 1. The second-order valence-electron chi connectivity index (χ2n) is 21.2. The summed E-state index contributed by atoms with van der Waals surface area (Å²) in [6, 6.07) is 1.43. The smallest absolute Gasteiger partial charge is 0.187 e. The van der Waals surface area contributed by atoms with Gasteiger partial charge in [-0.05, 0) is 111 Å². The second-order valence-corrected chi connectivity index (χ2v) is 21.2. The van der Waals surface area contributed by atoms with E-state index >= 15 is 0 Å². The van der Waals surface area contributed by atoms with Gasteiger partial charge in [0, 0.05) is 18.6 Å². The summed E-state index contributed by atoms with van der Waals surface area (Å²) in [5, 5.41) is 95.8. The zero-order valence-electron chi connectivity index (χ0n) is 36.3. The average Bonchev–Trinajstić information content (AvgIpc) is 3.71. The lowest BCUT2D eigenvalue weighted by Gasteiger charge is -2.58. The predicted octanol–water partition coefficient (Wildman–Crippen LogP) is 0.155. The Morgan fingerprint density at radius 1 is 0.672 bits per heavy atom. The average molecular weight is 868 g/mol. The van der Waals surface area contributed by atoms with Crippen LogP contribution in [0.15, 0.2) is 11.6 Å². The summed E-state index contributed by atoms with van der Waals surface area (Å²) in [5.74, 6) is 4.15. The number of nitrogens with zero attached hydrogens (tertiary/aromatic N) is 1. The van der Waals surface area contributed by atoms with Crippen LogP contribution in [0.3, 0.4) is 0 Å². The van der Waals surface area contributed by atoms with Crippen molar-refractivity contribution in [3.05, 3.63) is 11.6 Å². The highest BCUT2D eigenvalue weighted by Crippen LogP contribution is 2.70. The summed E-state index contributed by atoms with van der Waals surface area (Å²) < 4.78 is 36.8. The largest absolute Gasteiger partial charge is 0.394 e. The highest BCUT2D eigenvalue weighted by Gasteiger charge is 2.66. The number of rotatable bonds is 8. The fraction of sp³-hybridized carbons (Fsp3) is 0.956. The van der Waals surface area contributed by atoms with E-state index in [-0.39, 0.29) is 11.5 Å². The standard InChI is InChI=1S/C45H73NO15/c1-19-6-9-27-20(2)31-28(46(27)16-19)15-26-24-8-7-22-14-23(10-12-44(22,4)25(24)11-13-45(26,31)5)57-43-40(61-41-37(54)35(52)32(49)21(3)56-41)39(34(51)30(18-48)59-43)60-42-38(55)36(53)33(50)29(17-47)58-42/h7,19-21,23-43,47-55H,6,8-18H2,1-5H3/t19-,20+,21-,23-,24+,25-,26-,27+,28+,29+,30+,31-,32-,33+,34-,35+,36-,37+,38+,39-,40+,41-,42-,43+,44-,45-/m0/s1. The predicted molar refractivity (Wildman–Crippen MR) is 215 cm³/mol. The van der Waals surface area contributed by atoms with Crippen molar-refractivity contribution in [2.75, 3.05) is 19.8 Å². The first kappa shape index (κ1) is 45.3. The van der Waals surface area contributed by atoms with Gasteiger partial charge in [0.15, 0.2) is 18.9 Å². The van der Waals surface area contributed by atoms with Crippen LogP contribution in [0.25, 0.3) is 0 Å². The van der Waals surface area contributed by atoms with Crippen LogP contribution in [0.2, 0.25) is 0 Å². The minimum atomic E-state index is -1.83. The van der Waals surface area contributed by atoms with Gasteiger partial charge in [0.05, 0.1) is 25.4 Å². The molecule has 5 saturated heterocycles. The molecule has 26 atom stereocenters. The van der Waals surface area contributed by atoms with Crippen LogP contribution in [0.5, 0.6) is 0 Å². The van der Waals surface area contributed by atoms with Crippen molar-refractivity contribution in [3.63, 3.8) is 0 Å². The number of fused-ring (bicyclic) bond motifs is 9. The molecule has 0 bridgehead atoms. The molecular weight excluding hydrogens is 794 g/mol. The van der Waals surface area contributed by atoms with Gasteiger partial charge < -0.3 is 74.4 Å². The van der Waals surface area contributed by atoms with Crippen LogP contribution >= 0.6 is 0 Å². The molecule has 5 heterocycles. The molecule has 3 saturated carbocycles. The lowest BCUT2D eigenvalue weighted by atomic mass is 9.47. The zero-order valence-corrected chi connectivity index (χ0v) is 36.3. The molecule has 8 fully saturated rings. The van der Waals surface area contributed by atoms with Gasteiger partial charge in [-0.15, -0.1) is 0 Å². The Bertz CT molecular complexity index is 1590. The van der Waals surface area contributed by atoms with Gasteiger partial charge in [-0.1, -0.05) is 39.3 Å². The van der Waals surface area contributed by atoms with Crippen LogP contribution in [-0.4, -0.2) is 181 Å². The SMILES string of the molecule is C[C@H]1CC[C@@H]2[C@@H](C)[C@H]3[C@@H](C[C@H]4[C@@H]5CC=C6C[C@@H](O[C@@H]7O[C@H](CO)[C@H](O)[C@H](O[C@@H]8O[C@H](CO)[C@@H](O)[C@H](O)[C@H]8O)[C@H]7O[C@@H]7O[C@@H](C)[C@H](O)[C@@H](O)[C@H]7O)CC[C@]6(C)[C@H]5CC[C@]34C)N2C1. The van der Waals surface area contributed by atoms with Gasteiger partial charge in [0.1, 0.15) is 67.1 Å². The van der Waals surface area contributed by atoms with Crippen LogP contribution in [0, 0.1) is 46.3 Å². The minimum absolute atomic E-state index is 0.00462. The van der Waals surface area contributed by atoms with Crippen molar-refractivity contribution in [1.29, 1.82) is 0 Å². The molecule has 5 aliphatic heterocycles. The number of hydrogen-bond donors (Lipinski definition) is 9. The fourth-order valence-electron chi connectivity index (χ4n) is 14.7. The van der Waals surface area contributed by atoms with Crippen molar-refractivity contribution in [3.8, 4) is 0 Å².